The quantitative estimate of drug-likeness (QED) is 0.881. The van der Waals surface area contributed by atoms with Crippen molar-refractivity contribution >= 4 is 0 Å². The minimum atomic E-state index is 0.0760. The highest BCUT2D eigenvalue weighted by atomic mass is 16.6. The van der Waals surface area contributed by atoms with E-state index in [1.165, 1.54) is 0 Å². The molecule has 116 valence electrons. The van der Waals surface area contributed by atoms with E-state index < -0.39 is 0 Å². The van der Waals surface area contributed by atoms with Crippen LogP contribution in [0.25, 0.3) is 0 Å². The van der Waals surface area contributed by atoms with Crippen LogP contribution in [0.4, 0.5) is 0 Å². The Balaban J connectivity index is 1.41. The molecule has 1 fully saturated rings. The van der Waals surface area contributed by atoms with Crippen LogP contribution in [0, 0.1) is 0 Å². The highest BCUT2D eigenvalue weighted by Gasteiger charge is 2.21. The van der Waals surface area contributed by atoms with Crippen molar-refractivity contribution in [2.75, 3.05) is 46.0 Å². The lowest BCUT2D eigenvalue weighted by atomic mass is 10.2. The zero-order valence-corrected chi connectivity index (χ0v) is 12.6. The fraction of sp³-hybridized carbons (Fsp3) is 0.625. The molecule has 2 aliphatic heterocycles. The van der Waals surface area contributed by atoms with Crippen LogP contribution in [0.2, 0.25) is 0 Å². The van der Waals surface area contributed by atoms with Crippen molar-refractivity contribution in [3.05, 3.63) is 24.3 Å². The Kier molecular flexibility index (Phi) is 4.95. The monoisotopic (exact) mass is 292 g/mol. The molecule has 5 nitrogen and oxygen atoms in total. The van der Waals surface area contributed by atoms with Gasteiger partial charge in [0.25, 0.3) is 0 Å². The Labute approximate surface area is 126 Å². The molecule has 5 heteroatoms. The summed E-state index contributed by atoms with van der Waals surface area (Å²) in [6, 6.07) is 8.27. The lowest BCUT2D eigenvalue weighted by Crippen LogP contribution is -2.47. The van der Waals surface area contributed by atoms with Gasteiger partial charge in [-0.05, 0) is 19.1 Å². The van der Waals surface area contributed by atoms with Crippen molar-refractivity contribution in [3.63, 3.8) is 0 Å². The second-order valence-electron chi connectivity index (χ2n) is 5.72. The maximum Gasteiger partial charge on any atom is 0.161 e. The summed E-state index contributed by atoms with van der Waals surface area (Å²) in [7, 11) is 0. The summed E-state index contributed by atoms with van der Waals surface area (Å²) in [4.78, 5) is 2.44. The smallest absolute Gasteiger partial charge is 0.161 e. The maximum atomic E-state index is 5.95. The number of morpholine rings is 1. The first-order valence-corrected chi connectivity index (χ1v) is 7.73. The summed E-state index contributed by atoms with van der Waals surface area (Å²) in [5, 5.41) is 3.54. The van der Waals surface area contributed by atoms with E-state index in [1.54, 1.807) is 0 Å². The maximum absolute atomic E-state index is 5.95. The average molecular weight is 292 g/mol. The molecule has 2 atom stereocenters. The second-order valence-corrected chi connectivity index (χ2v) is 5.72. The Morgan fingerprint density at radius 1 is 1.24 bits per heavy atom. The third-order valence-corrected chi connectivity index (χ3v) is 3.90. The largest absolute Gasteiger partial charge is 0.486 e. The molecule has 21 heavy (non-hydrogen) atoms. The first kappa shape index (κ1) is 14.6. The normalized spacial score (nSPS) is 23.8. The molecule has 0 aliphatic carbocycles. The molecule has 0 radical (unpaired) electrons. The number of ether oxygens (including phenoxy) is 3. The summed E-state index contributed by atoms with van der Waals surface area (Å²) in [5.41, 5.74) is 0. The Morgan fingerprint density at radius 3 is 2.81 bits per heavy atom. The van der Waals surface area contributed by atoms with E-state index in [-0.39, 0.29) is 6.10 Å². The first-order valence-electron chi connectivity index (χ1n) is 7.73. The van der Waals surface area contributed by atoms with Gasteiger partial charge < -0.3 is 19.5 Å². The standard InChI is InChI=1S/C16H24N2O3/c1-13(11-18-6-8-19-9-7-18)17-10-14-12-20-15-4-2-3-5-16(15)21-14/h2-5,13-14,17H,6-12H2,1H3. The number of nitrogens with one attached hydrogen (secondary N) is 1. The van der Waals surface area contributed by atoms with Crippen molar-refractivity contribution in [3.8, 4) is 11.5 Å². The molecule has 0 bridgehead atoms. The molecule has 1 aromatic rings. The van der Waals surface area contributed by atoms with E-state index >= 15 is 0 Å². The molecule has 1 aromatic carbocycles. The minimum absolute atomic E-state index is 0.0760. The summed E-state index contributed by atoms with van der Waals surface area (Å²) < 4.78 is 17.0. The minimum Gasteiger partial charge on any atom is -0.486 e. The SMILES string of the molecule is CC(CN1CCOCC1)NCC1COc2ccccc2O1. The lowest BCUT2D eigenvalue weighted by Gasteiger charge is -2.31. The second kappa shape index (κ2) is 7.11. The average Bonchev–Trinajstić information content (AvgIpc) is 2.54. The molecule has 2 heterocycles. The van der Waals surface area contributed by atoms with Crippen LogP contribution in [-0.4, -0.2) is 63.0 Å². The fourth-order valence-corrected chi connectivity index (χ4v) is 2.73. The third-order valence-electron chi connectivity index (χ3n) is 3.90. The number of hydrogen-bond donors (Lipinski definition) is 1. The number of hydrogen-bond acceptors (Lipinski definition) is 5. The van der Waals surface area contributed by atoms with E-state index in [9.17, 15) is 0 Å². The van der Waals surface area contributed by atoms with Gasteiger partial charge in [-0.15, -0.1) is 0 Å². The van der Waals surface area contributed by atoms with E-state index in [1.807, 2.05) is 24.3 Å². The highest BCUT2D eigenvalue weighted by molar-refractivity contribution is 5.40. The molecule has 0 amide bonds. The molecule has 2 aliphatic rings. The highest BCUT2D eigenvalue weighted by Crippen LogP contribution is 2.30. The van der Waals surface area contributed by atoms with Crippen LogP contribution in [0.1, 0.15) is 6.92 Å². The molecule has 0 spiro atoms. The molecule has 0 aromatic heterocycles. The van der Waals surface area contributed by atoms with Crippen LogP contribution < -0.4 is 14.8 Å². The van der Waals surface area contributed by atoms with Gasteiger partial charge in [0.2, 0.25) is 0 Å². The van der Waals surface area contributed by atoms with Crippen molar-refractivity contribution in [2.45, 2.75) is 19.1 Å². The van der Waals surface area contributed by atoms with Crippen LogP contribution in [0.15, 0.2) is 24.3 Å². The summed E-state index contributed by atoms with van der Waals surface area (Å²) in [6.07, 6.45) is 0.0760. The fourth-order valence-electron chi connectivity index (χ4n) is 2.73. The van der Waals surface area contributed by atoms with Gasteiger partial charge in [-0.1, -0.05) is 12.1 Å². The Hall–Kier alpha value is -1.30. The van der Waals surface area contributed by atoms with Gasteiger partial charge in [0.1, 0.15) is 12.7 Å². The zero-order valence-electron chi connectivity index (χ0n) is 12.6. The van der Waals surface area contributed by atoms with Crippen LogP contribution >= 0.6 is 0 Å². The lowest BCUT2D eigenvalue weighted by molar-refractivity contribution is 0.0329. The molecular formula is C16H24N2O3. The number of fused-ring (bicyclic) bond motifs is 1. The van der Waals surface area contributed by atoms with Crippen molar-refractivity contribution in [2.24, 2.45) is 0 Å². The van der Waals surface area contributed by atoms with E-state index in [0.717, 1.165) is 50.9 Å². The summed E-state index contributed by atoms with van der Waals surface area (Å²) >= 11 is 0. The number of rotatable bonds is 5. The van der Waals surface area contributed by atoms with Gasteiger partial charge in [-0.25, -0.2) is 0 Å². The van der Waals surface area contributed by atoms with Crippen LogP contribution in [0.5, 0.6) is 11.5 Å². The van der Waals surface area contributed by atoms with Crippen LogP contribution in [0.3, 0.4) is 0 Å². The van der Waals surface area contributed by atoms with Gasteiger partial charge in [0.05, 0.1) is 13.2 Å². The first-order chi connectivity index (χ1) is 10.3. The van der Waals surface area contributed by atoms with Crippen molar-refractivity contribution in [1.29, 1.82) is 0 Å². The number of benzene rings is 1. The molecule has 2 unspecified atom stereocenters. The predicted octanol–water partition coefficient (Wildman–Crippen LogP) is 1.14. The van der Waals surface area contributed by atoms with Gasteiger partial charge >= 0.3 is 0 Å². The zero-order chi connectivity index (χ0) is 14.5. The van der Waals surface area contributed by atoms with Crippen molar-refractivity contribution < 1.29 is 14.2 Å². The van der Waals surface area contributed by atoms with E-state index in [0.29, 0.717) is 12.6 Å². The van der Waals surface area contributed by atoms with Gasteiger partial charge in [-0.2, -0.15) is 0 Å². The summed E-state index contributed by atoms with van der Waals surface area (Å²) in [6.45, 7) is 8.44. The Bertz CT molecular complexity index is 449. The van der Waals surface area contributed by atoms with E-state index in [4.69, 9.17) is 14.2 Å². The molecule has 1 N–H and O–H groups in total. The number of para-hydroxylation sites is 2. The van der Waals surface area contributed by atoms with Gasteiger partial charge in [0.15, 0.2) is 11.5 Å². The molecule has 3 rings (SSSR count). The number of nitrogens with zero attached hydrogens (tertiary/aromatic N) is 1. The summed E-state index contributed by atoms with van der Waals surface area (Å²) in [5.74, 6) is 1.69. The van der Waals surface area contributed by atoms with Gasteiger partial charge in [-0.3, -0.25) is 4.90 Å². The topological polar surface area (TPSA) is 43.0 Å². The Morgan fingerprint density at radius 2 is 2.00 bits per heavy atom. The molecule has 0 saturated carbocycles. The van der Waals surface area contributed by atoms with E-state index in [2.05, 4.69) is 17.1 Å². The molecular weight excluding hydrogens is 268 g/mol. The predicted molar refractivity (Wildman–Crippen MR) is 81.1 cm³/mol. The van der Waals surface area contributed by atoms with Gasteiger partial charge in [0, 0.05) is 32.2 Å². The third kappa shape index (κ3) is 4.09. The van der Waals surface area contributed by atoms with Crippen molar-refractivity contribution in [1.82, 2.24) is 10.2 Å². The molecule has 1 saturated heterocycles. The van der Waals surface area contributed by atoms with Crippen LogP contribution in [-0.2, 0) is 4.74 Å².